The summed E-state index contributed by atoms with van der Waals surface area (Å²) in [4.78, 5) is 93.2. The minimum atomic E-state index is -1.03. The minimum absolute atomic E-state index is 0.0448. The largest absolute Gasteiger partial charge is 0.359 e. The lowest BCUT2D eigenvalue weighted by Crippen LogP contribution is -2.58. The summed E-state index contributed by atoms with van der Waals surface area (Å²) >= 11 is 0. The van der Waals surface area contributed by atoms with E-state index in [-0.39, 0.29) is 79.6 Å². The molecule has 4 rings (SSSR count). The van der Waals surface area contributed by atoms with Gasteiger partial charge in [-0.25, -0.2) is 4.98 Å². The maximum absolute atomic E-state index is 14.8. The second kappa shape index (κ2) is 19.6. The van der Waals surface area contributed by atoms with E-state index >= 15 is 0 Å². The minimum Gasteiger partial charge on any atom is -0.359 e. The molecule has 0 radical (unpaired) electrons. The van der Waals surface area contributed by atoms with Gasteiger partial charge in [0.1, 0.15) is 18.5 Å². The van der Waals surface area contributed by atoms with Crippen LogP contribution in [0, 0.1) is 35.0 Å². The highest BCUT2D eigenvalue weighted by molar-refractivity contribution is 6.38. The SMILES string of the molecule is CCCC(CC(=O)[C@@H]1[C@H]2CC[C@@H](OCOC)[C@H]2CN1C(=O)[C@@H](NC(=O)[C@H](CC(=O)c1cnccn1)C(C)C)C(C)(C)C)C(=O)C(=O)C[C@@H](C)c1ccccc1. The molecule has 12 nitrogen and oxygen atoms in total. The van der Waals surface area contributed by atoms with Crippen molar-refractivity contribution in [3.63, 3.8) is 0 Å². The number of nitrogens with one attached hydrogen (secondary N) is 1. The van der Waals surface area contributed by atoms with Crippen molar-refractivity contribution in [2.24, 2.45) is 35.0 Å². The summed E-state index contributed by atoms with van der Waals surface area (Å²) in [5, 5.41) is 2.99. The van der Waals surface area contributed by atoms with Crippen LogP contribution < -0.4 is 5.32 Å². The number of aromatic nitrogens is 2. The Kier molecular flexibility index (Phi) is 15.5. The number of Topliss-reactive ketones (excluding diaryl/α,β-unsaturated/α-hetero) is 4. The Morgan fingerprint density at radius 2 is 1.65 bits per heavy atom. The van der Waals surface area contributed by atoms with Crippen LogP contribution in [0.25, 0.3) is 0 Å². The normalized spacial score (nSPS) is 21.7. The fourth-order valence-corrected chi connectivity index (χ4v) is 8.27. The van der Waals surface area contributed by atoms with Crippen molar-refractivity contribution in [2.45, 2.75) is 118 Å². The molecule has 12 heteroatoms. The van der Waals surface area contributed by atoms with Gasteiger partial charge in [-0.05, 0) is 48.0 Å². The van der Waals surface area contributed by atoms with Crippen LogP contribution in [0.1, 0.15) is 115 Å². The Morgan fingerprint density at radius 3 is 2.25 bits per heavy atom. The van der Waals surface area contributed by atoms with Crippen molar-refractivity contribution >= 4 is 34.9 Å². The highest BCUT2D eigenvalue weighted by Gasteiger charge is 2.55. The maximum atomic E-state index is 14.8. The molecule has 8 atom stereocenters. The molecule has 1 aliphatic heterocycles. The Morgan fingerprint density at radius 1 is 0.945 bits per heavy atom. The molecule has 1 aromatic heterocycles. The van der Waals surface area contributed by atoms with Crippen molar-refractivity contribution in [1.82, 2.24) is 20.2 Å². The summed E-state index contributed by atoms with van der Waals surface area (Å²) in [7, 11) is 1.54. The molecule has 1 aliphatic carbocycles. The van der Waals surface area contributed by atoms with Crippen LogP contribution >= 0.6 is 0 Å². The van der Waals surface area contributed by atoms with Crippen LogP contribution in [0.2, 0.25) is 0 Å². The second-order valence-electron chi connectivity index (χ2n) is 16.8. The van der Waals surface area contributed by atoms with Crippen molar-refractivity contribution in [2.75, 3.05) is 20.4 Å². The van der Waals surface area contributed by atoms with Crippen molar-refractivity contribution < 1.29 is 38.2 Å². The number of ketones is 4. The summed E-state index contributed by atoms with van der Waals surface area (Å²) in [5.41, 5.74) is 0.344. The predicted molar refractivity (Wildman–Crippen MR) is 207 cm³/mol. The molecule has 2 aromatic rings. The zero-order valence-corrected chi connectivity index (χ0v) is 33.8. The van der Waals surface area contributed by atoms with Gasteiger partial charge in [0.15, 0.2) is 17.3 Å². The van der Waals surface area contributed by atoms with E-state index in [0.717, 1.165) is 5.56 Å². The van der Waals surface area contributed by atoms with E-state index in [1.807, 2.05) is 78.8 Å². The van der Waals surface area contributed by atoms with Crippen molar-refractivity contribution in [3.8, 4) is 0 Å². The third-order valence-corrected chi connectivity index (χ3v) is 11.4. The number of rotatable bonds is 20. The van der Waals surface area contributed by atoms with Gasteiger partial charge in [-0.3, -0.25) is 33.8 Å². The predicted octanol–water partition coefficient (Wildman–Crippen LogP) is 5.79. The van der Waals surface area contributed by atoms with Crippen molar-refractivity contribution in [1.29, 1.82) is 0 Å². The van der Waals surface area contributed by atoms with Crippen LogP contribution in [0.5, 0.6) is 0 Å². The number of nitrogens with zero attached hydrogens (tertiary/aromatic N) is 3. The highest BCUT2D eigenvalue weighted by Crippen LogP contribution is 2.45. The third-order valence-electron chi connectivity index (χ3n) is 11.4. The number of fused-ring (bicyclic) bond motifs is 1. The number of likely N-dealkylation sites (tertiary alicyclic amines) is 1. The molecule has 1 saturated heterocycles. The molecule has 0 spiro atoms. The molecular formula is C43H60N4O8. The lowest BCUT2D eigenvalue weighted by atomic mass is 9.82. The number of ether oxygens (including phenoxy) is 2. The number of methoxy groups -OCH3 is 1. The fourth-order valence-electron chi connectivity index (χ4n) is 8.27. The molecule has 2 fully saturated rings. The molecule has 55 heavy (non-hydrogen) atoms. The first kappa shape index (κ1) is 43.6. The first-order valence-corrected chi connectivity index (χ1v) is 19.7. The lowest BCUT2D eigenvalue weighted by Gasteiger charge is -2.37. The number of hydrogen-bond acceptors (Lipinski definition) is 10. The molecule has 1 N–H and O–H groups in total. The first-order valence-electron chi connectivity index (χ1n) is 19.7. The highest BCUT2D eigenvalue weighted by atomic mass is 16.7. The Hall–Kier alpha value is -4.16. The van der Waals surface area contributed by atoms with Gasteiger partial charge in [0, 0.05) is 63.1 Å². The van der Waals surface area contributed by atoms with Gasteiger partial charge in [-0.2, -0.15) is 0 Å². The van der Waals surface area contributed by atoms with Crippen LogP contribution in [0.15, 0.2) is 48.9 Å². The Bertz CT molecular complexity index is 1640. The molecule has 1 aromatic carbocycles. The second-order valence-corrected chi connectivity index (χ2v) is 16.8. The molecule has 1 unspecified atom stereocenters. The van der Waals surface area contributed by atoms with E-state index in [2.05, 4.69) is 15.3 Å². The number of carbonyl (C=O) groups is 6. The van der Waals surface area contributed by atoms with Gasteiger partial charge in [0.05, 0.1) is 18.3 Å². The average molecular weight is 761 g/mol. The van der Waals surface area contributed by atoms with Gasteiger partial charge in [-0.15, -0.1) is 0 Å². The third kappa shape index (κ3) is 11.0. The number of amides is 2. The van der Waals surface area contributed by atoms with Crippen LogP contribution in [-0.2, 0) is 33.4 Å². The topological polar surface area (TPSA) is 162 Å². The molecular weight excluding hydrogens is 700 g/mol. The quantitative estimate of drug-likeness (QED) is 0.0994. The van der Waals surface area contributed by atoms with E-state index < -0.39 is 52.7 Å². The van der Waals surface area contributed by atoms with E-state index in [1.165, 1.54) is 25.7 Å². The monoisotopic (exact) mass is 760 g/mol. The first-order chi connectivity index (χ1) is 26.1. The molecule has 0 bridgehead atoms. The number of carbonyl (C=O) groups excluding carboxylic acids is 6. The lowest BCUT2D eigenvalue weighted by molar-refractivity contribution is -0.146. The molecule has 2 aliphatic rings. The summed E-state index contributed by atoms with van der Waals surface area (Å²) in [6, 6.07) is 7.65. The number of benzene rings is 1. The van der Waals surface area contributed by atoms with E-state index in [1.54, 1.807) is 4.90 Å². The molecule has 2 heterocycles. The van der Waals surface area contributed by atoms with Gasteiger partial charge in [-0.1, -0.05) is 85.2 Å². The van der Waals surface area contributed by atoms with E-state index in [0.29, 0.717) is 25.7 Å². The molecule has 300 valence electrons. The summed E-state index contributed by atoms with van der Waals surface area (Å²) in [6.07, 6.45) is 6.07. The number of hydrogen-bond donors (Lipinski definition) is 1. The smallest absolute Gasteiger partial charge is 0.246 e. The summed E-state index contributed by atoms with van der Waals surface area (Å²) in [6.45, 7) is 13.4. The van der Waals surface area contributed by atoms with E-state index in [4.69, 9.17) is 9.47 Å². The van der Waals surface area contributed by atoms with Gasteiger partial charge in [0.2, 0.25) is 17.6 Å². The average Bonchev–Trinajstić information content (AvgIpc) is 3.73. The standard InChI is InChI=1S/C43H60N4O8/c1-9-13-29(39(51)36(50)20-27(4)28-14-11-10-12-15-28)21-35(49)38-30-16-17-37(55-25-54-8)32(30)24-47(38)42(53)40(43(5,6)7)46-41(52)31(26(2)3)22-34(48)33-23-44-18-19-45-33/h10-12,14-15,18-19,23,26-27,29-32,37-38,40H,9,13,16-17,20-22,24-25H2,1-8H3,(H,46,52)/t27-,29?,30+,31-,32+,37-,38+,40-/m1/s1. The van der Waals surface area contributed by atoms with E-state index in [9.17, 15) is 28.8 Å². The van der Waals surface area contributed by atoms with Gasteiger partial charge < -0.3 is 19.7 Å². The Balaban J connectivity index is 1.59. The molecule has 1 saturated carbocycles. The summed E-state index contributed by atoms with van der Waals surface area (Å²) < 4.78 is 11.2. The van der Waals surface area contributed by atoms with Crippen LogP contribution in [-0.4, -0.2) is 88.5 Å². The van der Waals surface area contributed by atoms with Crippen molar-refractivity contribution in [3.05, 3.63) is 60.2 Å². The fraction of sp³-hybridized carbons (Fsp3) is 0.628. The Labute approximate surface area is 325 Å². The van der Waals surface area contributed by atoms with Crippen LogP contribution in [0.3, 0.4) is 0 Å². The zero-order chi connectivity index (χ0) is 40.4. The molecule has 2 amide bonds. The summed E-state index contributed by atoms with van der Waals surface area (Å²) in [5.74, 6) is -4.83. The van der Waals surface area contributed by atoms with Crippen LogP contribution in [0.4, 0.5) is 0 Å². The van der Waals surface area contributed by atoms with Gasteiger partial charge >= 0.3 is 0 Å². The zero-order valence-electron chi connectivity index (χ0n) is 33.8. The van der Waals surface area contributed by atoms with Gasteiger partial charge in [0.25, 0.3) is 0 Å². The maximum Gasteiger partial charge on any atom is 0.246 e.